The molecule has 0 spiro atoms. The highest BCUT2D eigenvalue weighted by atomic mass is 16.4. The van der Waals surface area contributed by atoms with Crippen LogP contribution in [0.15, 0.2) is 24.3 Å². The Morgan fingerprint density at radius 3 is 2.48 bits per heavy atom. The second kappa shape index (κ2) is 8.27. The molecule has 134 valence electrons. The standard InChI is InChI=1S/C17H21N3O5/c1-11-3-5-13(6-4-11)19-16(23)15(22)18-7-2-8-20-10-12(17(24)25)9-14(20)21/h3-6,12H,2,7-10H2,1H3,(H,18,22)(H,19,23)(H,24,25)/p-1/t12-/m1/s1. The summed E-state index contributed by atoms with van der Waals surface area (Å²) in [6.07, 6.45) is 0.378. The van der Waals surface area contributed by atoms with Crippen molar-refractivity contribution in [1.82, 2.24) is 10.2 Å². The molecule has 25 heavy (non-hydrogen) atoms. The van der Waals surface area contributed by atoms with E-state index < -0.39 is 23.7 Å². The minimum atomic E-state index is -1.23. The average Bonchev–Trinajstić information content (AvgIpc) is 2.94. The third-order valence-corrected chi connectivity index (χ3v) is 3.95. The Morgan fingerprint density at radius 1 is 1.20 bits per heavy atom. The summed E-state index contributed by atoms with van der Waals surface area (Å²) >= 11 is 0. The molecule has 2 rings (SSSR count). The monoisotopic (exact) mass is 346 g/mol. The van der Waals surface area contributed by atoms with Gasteiger partial charge in [0.1, 0.15) is 0 Å². The summed E-state index contributed by atoms with van der Waals surface area (Å²) in [5.41, 5.74) is 1.57. The number of aryl methyl sites for hydroxylation is 1. The van der Waals surface area contributed by atoms with E-state index in [9.17, 15) is 24.3 Å². The molecular formula is C17H20N3O5-. The number of carboxylic acid groups (broad SMARTS) is 1. The summed E-state index contributed by atoms with van der Waals surface area (Å²) in [7, 11) is 0. The van der Waals surface area contributed by atoms with Gasteiger partial charge in [0, 0.05) is 43.6 Å². The van der Waals surface area contributed by atoms with Crippen molar-refractivity contribution in [3.8, 4) is 0 Å². The quantitative estimate of drug-likeness (QED) is 0.508. The number of carbonyl (C=O) groups excluding carboxylic acids is 4. The highest BCUT2D eigenvalue weighted by Crippen LogP contribution is 2.16. The number of nitrogens with zero attached hydrogens (tertiary/aromatic N) is 1. The van der Waals surface area contributed by atoms with Crippen molar-refractivity contribution in [2.24, 2.45) is 5.92 Å². The smallest absolute Gasteiger partial charge is 0.313 e. The number of amides is 3. The van der Waals surface area contributed by atoms with Gasteiger partial charge in [0.15, 0.2) is 0 Å². The maximum Gasteiger partial charge on any atom is 0.313 e. The molecule has 1 aliphatic rings. The van der Waals surface area contributed by atoms with Crippen molar-refractivity contribution in [2.45, 2.75) is 19.8 Å². The van der Waals surface area contributed by atoms with Crippen molar-refractivity contribution in [2.75, 3.05) is 25.0 Å². The number of hydrogen-bond donors (Lipinski definition) is 2. The maximum atomic E-state index is 11.8. The van der Waals surface area contributed by atoms with Gasteiger partial charge >= 0.3 is 11.8 Å². The van der Waals surface area contributed by atoms with E-state index in [0.717, 1.165) is 5.56 Å². The predicted molar refractivity (Wildman–Crippen MR) is 87.1 cm³/mol. The summed E-state index contributed by atoms with van der Waals surface area (Å²) in [6.45, 7) is 2.57. The first-order valence-electron chi connectivity index (χ1n) is 8.01. The summed E-state index contributed by atoms with van der Waals surface area (Å²) in [5.74, 6) is -3.77. The van der Waals surface area contributed by atoms with E-state index in [2.05, 4.69) is 10.6 Å². The van der Waals surface area contributed by atoms with Crippen LogP contribution in [-0.4, -0.2) is 48.2 Å². The molecule has 8 nitrogen and oxygen atoms in total. The Hall–Kier alpha value is -2.90. The molecule has 3 amide bonds. The van der Waals surface area contributed by atoms with E-state index in [1.807, 2.05) is 19.1 Å². The molecule has 2 N–H and O–H groups in total. The Kier molecular flexibility index (Phi) is 6.10. The Labute approximate surface area is 145 Å². The largest absolute Gasteiger partial charge is 0.550 e. The topological polar surface area (TPSA) is 119 Å². The zero-order valence-electron chi connectivity index (χ0n) is 13.9. The Balaban J connectivity index is 1.68. The van der Waals surface area contributed by atoms with Crippen LogP contribution in [0.25, 0.3) is 0 Å². The molecule has 1 aromatic rings. The Morgan fingerprint density at radius 2 is 1.88 bits per heavy atom. The van der Waals surface area contributed by atoms with Crippen molar-refractivity contribution in [1.29, 1.82) is 0 Å². The van der Waals surface area contributed by atoms with Gasteiger partial charge in [-0.05, 0) is 25.5 Å². The van der Waals surface area contributed by atoms with Crippen LogP contribution in [-0.2, 0) is 19.2 Å². The fourth-order valence-corrected chi connectivity index (χ4v) is 2.52. The number of nitrogens with one attached hydrogen (secondary N) is 2. The van der Waals surface area contributed by atoms with Gasteiger partial charge < -0.3 is 25.4 Å². The number of aliphatic carboxylic acids is 1. The second-order valence-corrected chi connectivity index (χ2v) is 5.99. The molecule has 1 heterocycles. The van der Waals surface area contributed by atoms with Gasteiger partial charge in [0.2, 0.25) is 5.91 Å². The van der Waals surface area contributed by atoms with E-state index >= 15 is 0 Å². The van der Waals surface area contributed by atoms with E-state index in [1.165, 1.54) is 4.90 Å². The molecule has 0 aliphatic carbocycles. The zero-order valence-corrected chi connectivity index (χ0v) is 13.9. The fourth-order valence-electron chi connectivity index (χ4n) is 2.52. The number of rotatable bonds is 6. The molecule has 1 aliphatic heterocycles. The first kappa shape index (κ1) is 18.4. The van der Waals surface area contributed by atoms with Gasteiger partial charge in [-0.25, -0.2) is 0 Å². The number of hydrogen-bond acceptors (Lipinski definition) is 5. The van der Waals surface area contributed by atoms with Crippen molar-refractivity contribution >= 4 is 29.4 Å². The third kappa shape index (κ3) is 5.30. The summed E-state index contributed by atoms with van der Waals surface area (Å²) in [4.78, 5) is 47.3. The highest BCUT2D eigenvalue weighted by molar-refractivity contribution is 6.39. The molecule has 1 atom stereocenters. The first-order chi connectivity index (χ1) is 11.9. The number of carbonyl (C=O) groups is 4. The molecular weight excluding hydrogens is 326 g/mol. The van der Waals surface area contributed by atoms with Crippen molar-refractivity contribution in [3.05, 3.63) is 29.8 Å². The molecule has 0 bridgehead atoms. The molecule has 0 radical (unpaired) electrons. The van der Waals surface area contributed by atoms with Gasteiger partial charge in [-0.3, -0.25) is 14.4 Å². The number of benzene rings is 1. The van der Waals surface area contributed by atoms with Crippen LogP contribution >= 0.6 is 0 Å². The van der Waals surface area contributed by atoms with Crippen LogP contribution in [0.3, 0.4) is 0 Å². The lowest BCUT2D eigenvalue weighted by molar-refractivity contribution is -0.311. The van der Waals surface area contributed by atoms with Crippen LogP contribution in [0, 0.1) is 12.8 Å². The van der Waals surface area contributed by atoms with Crippen molar-refractivity contribution in [3.63, 3.8) is 0 Å². The van der Waals surface area contributed by atoms with Gasteiger partial charge in [-0.15, -0.1) is 0 Å². The third-order valence-electron chi connectivity index (χ3n) is 3.95. The van der Waals surface area contributed by atoms with E-state index in [1.54, 1.807) is 12.1 Å². The zero-order chi connectivity index (χ0) is 18.4. The maximum absolute atomic E-state index is 11.8. The van der Waals surface area contributed by atoms with Crippen LogP contribution in [0.5, 0.6) is 0 Å². The molecule has 0 saturated carbocycles. The predicted octanol–water partition coefficient (Wildman–Crippen LogP) is -0.962. The van der Waals surface area contributed by atoms with E-state index in [4.69, 9.17) is 0 Å². The number of anilines is 1. The summed E-state index contributed by atoms with van der Waals surface area (Å²) in [6, 6.07) is 7.04. The SMILES string of the molecule is Cc1ccc(NC(=O)C(=O)NCCCN2C[C@H](C(=O)[O-])CC2=O)cc1. The van der Waals surface area contributed by atoms with Gasteiger partial charge in [-0.2, -0.15) is 0 Å². The van der Waals surface area contributed by atoms with Gasteiger partial charge in [0.05, 0.1) is 0 Å². The molecule has 1 aromatic carbocycles. The molecule has 1 saturated heterocycles. The minimum absolute atomic E-state index is 0.0480. The second-order valence-electron chi connectivity index (χ2n) is 5.99. The van der Waals surface area contributed by atoms with E-state index in [0.29, 0.717) is 18.7 Å². The summed E-state index contributed by atoms with van der Waals surface area (Å²) < 4.78 is 0. The molecule has 0 unspecified atom stereocenters. The fraction of sp³-hybridized carbons (Fsp3) is 0.412. The first-order valence-corrected chi connectivity index (χ1v) is 8.01. The highest BCUT2D eigenvalue weighted by Gasteiger charge is 2.29. The van der Waals surface area contributed by atoms with Crippen LogP contribution < -0.4 is 15.7 Å². The lowest BCUT2D eigenvalue weighted by Crippen LogP contribution is -2.37. The normalized spacial score (nSPS) is 16.6. The molecule has 1 fully saturated rings. The van der Waals surface area contributed by atoms with Gasteiger partial charge in [0.25, 0.3) is 0 Å². The lowest BCUT2D eigenvalue weighted by atomic mass is 10.1. The Bertz CT molecular complexity index is 671. The minimum Gasteiger partial charge on any atom is -0.550 e. The lowest BCUT2D eigenvalue weighted by Gasteiger charge is -2.17. The summed E-state index contributed by atoms with van der Waals surface area (Å²) in [5, 5.41) is 15.7. The molecule has 0 aromatic heterocycles. The van der Waals surface area contributed by atoms with Crippen LogP contribution in [0.4, 0.5) is 5.69 Å². The molecule has 8 heteroatoms. The average molecular weight is 346 g/mol. The van der Waals surface area contributed by atoms with Crippen molar-refractivity contribution < 1.29 is 24.3 Å². The van der Waals surface area contributed by atoms with Crippen LogP contribution in [0.2, 0.25) is 0 Å². The number of likely N-dealkylation sites (tertiary alicyclic amines) is 1. The van der Waals surface area contributed by atoms with E-state index in [-0.39, 0.29) is 25.4 Å². The van der Waals surface area contributed by atoms with Crippen LogP contribution in [0.1, 0.15) is 18.4 Å². The number of carboxylic acids is 1. The van der Waals surface area contributed by atoms with Gasteiger partial charge in [-0.1, -0.05) is 17.7 Å².